The second kappa shape index (κ2) is 11.3. The maximum absolute atomic E-state index is 12.8. The van der Waals surface area contributed by atoms with Crippen molar-refractivity contribution in [1.29, 1.82) is 0 Å². The molecule has 1 amide bonds. The van der Waals surface area contributed by atoms with Crippen molar-refractivity contribution in [2.24, 2.45) is 0 Å². The number of nitrogens with one attached hydrogen (secondary N) is 1. The number of amides is 1. The Morgan fingerprint density at radius 3 is 2.19 bits per heavy atom. The number of unbranched alkanes of at least 4 members (excludes halogenated alkanes) is 1. The van der Waals surface area contributed by atoms with Crippen LogP contribution < -0.4 is 5.32 Å². The largest absolute Gasteiger partial charge is 0.395 e. The fourth-order valence-corrected chi connectivity index (χ4v) is 7.17. The van der Waals surface area contributed by atoms with E-state index in [9.17, 15) is 4.79 Å². The average Bonchev–Trinajstić information content (AvgIpc) is 2.85. The summed E-state index contributed by atoms with van der Waals surface area (Å²) in [5, 5.41) is 13.3. The number of thioether (sulfide) groups is 2. The van der Waals surface area contributed by atoms with Gasteiger partial charge in [-0.25, -0.2) is 19.9 Å². The summed E-state index contributed by atoms with van der Waals surface area (Å²) in [6.45, 7) is 9.07. The van der Waals surface area contributed by atoms with E-state index >= 15 is 0 Å². The highest BCUT2D eigenvalue weighted by Crippen LogP contribution is 2.46. The predicted octanol–water partition coefficient (Wildman–Crippen LogP) is 5.64. The summed E-state index contributed by atoms with van der Waals surface area (Å²) >= 11 is 3.40. The van der Waals surface area contributed by atoms with Crippen LogP contribution in [-0.2, 0) is 0 Å². The predicted molar refractivity (Wildman–Crippen MR) is 146 cm³/mol. The first-order valence-corrected chi connectivity index (χ1v) is 13.9. The lowest BCUT2D eigenvalue weighted by Crippen LogP contribution is -2.31. The van der Waals surface area contributed by atoms with Crippen molar-refractivity contribution in [1.82, 2.24) is 25.3 Å². The molecule has 2 aromatic heterocycles. The van der Waals surface area contributed by atoms with Crippen LogP contribution in [0.5, 0.6) is 0 Å². The lowest BCUT2D eigenvalue weighted by Gasteiger charge is -2.36. The molecule has 6 bridgehead atoms. The maximum Gasteiger partial charge on any atom is 0.251 e. The van der Waals surface area contributed by atoms with Crippen LogP contribution in [0.15, 0.2) is 53.0 Å². The Labute approximate surface area is 221 Å². The van der Waals surface area contributed by atoms with Gasteiger partial charge in [0.1, 0.15) is 0 Å². The molecule has 3 aromatic rings. The van der Waals surface area contributed by atoms with E-state index in [2.05, 4.69) is 43.0 Å². The average molecular weight is 524 g/mol. The monoisotopic (exact) mass is 523 g/mol. The van der Waals surface area contributed by atoms with Crippen molar-refractivity contribution < 1.29 is 9.90 Å². The quantitative estimate of drug-likeness (QED) is 0.401. The van der Waals surface area contributed by atoms with E-state index in [0.717, 1.165) is 53.4 Å². The first-order chi connectivity index (χ1) is 17.2. The lowest BCUT2D eigenvalue weighted by molar-refractivity contribution is 0.0945. The Hall–Kier alpha value is -2.49. The number of aromatic nitrogens is 4. The molecule has 1 aliphatic rings. The van der Waals surface area contributed by atoms with Gasteiger partial charge in [0.15, 0.2) is 10.3 Å². The molecule has 4 rings (SSSR count). The van der Waals surface area contributed by atoms with Crippen LogP contribution in [0.2, 0.25) is 0 Å². The maximum atomic E-state index is 12.8. The summed E-state index contributed by atoms with van der Waals surface area (Å²) in [5.41, 5.74) is 3.60. The molecule has 9 heteroatoms. The lowest BCUT2D eigenvalue weighted by atomic mass is 9.92. The van der Waals surface area contributed by atoms with E-state index in [4.69, 9.17) is 15.1 Å². The molecule has 0 saturated heterocycles. The van der Waals surface area contributed by atoms with Gasteiger partial charge < -0.3 is 10.4 Å². The molecule has 0 aliphatic carbocycles. The fraction of sp³-hybridized carbons (Fsp3) is 0.444. The zero-order valence-corrected chi connectivity index (χ0v) is 22.9. The molecule has 0 fully saturated rings. The van der Waals surface area contributed by atoms with Crippen molar-refractivity contribution in [3.8, 4) is 22.5 Å². The van der Waals surface area contributed by atoms with E-state index in [0.29, 0.717) is 10.7 Å². The highest BCUT2D eigenvalue weighted by molar-refractivity contribution is 8.01. The van der Waals surface area contributed by atoms with Crippen LogP contribution in [0.4, 0.5) is 0 Å². The topological polar surface area (TPSA) is 101 Å². The fourth-order valence-electron chi connectivity index (χ4n) is 4.56. The van der Waals surface area contributed by atoms with Crippen LogP contribution in [0.25, 0.3) is 22.5 Å². The highest BCUT2D eigenvalue weighted by Gasteiger charge is 2.35. The normalized spacial score (nSPS) is 18.8. The summed E-state index contributed by atoms with van der Waals surface area (Å²) in [4.78, 5) is 31.8. The second-order valence-electron chi connectivity index (χ2n) is 9.92. The van der Waals surface area contributed by atoms with Gasteiger partial charge in [-0.1, -0.05) is 57.1 Å². The van der Waals surface area contributed by atoms with Gasteiger partial charge in [0.25, 0.3) is 5.91 Å². The minimum absolute atomic E-state index is 0.0654. The Morgan fingerprint density at radius 2 is 1.61 bits per heavy atom. The van der Waals surface area contributed by atoms with Gasteiger partial charge in [0, 0.05) is 45.1 Å². The van der Waals surface area contributed by atoms with Gasteiger partial charge >= 0.3 is 0 Å². The third-order valence-electron chi connectivity index (χ3n) is 6.02. The summed E-state index contributed by atoms with van der Waals surface area (Å²) in [7, 11) is 0. The van der Waals surface area contributed by atoms with Gasteiger partial charge in [0.05, 0.1) is 18.0 Å². The standard InChI is InChI=1S/C27H33N5O2S2/c1-5-6-9-27(4)17-26(2,3)35-24-29-10-7-21(31-24)18-14-19(22-8-11-30-25(32-22)36-27)16-20(15-18)23(34)28-12-13-33/h7-8,10-11,14-16,33H,5-6,9,12-13,17H2,1-4H3,(H,28,34). The molecule has 1 unspecified atom stereocenters. The Bertz CT molecular complexity index is 1240. The highest BCUT2D eigenvalue weighted by atomic mass is 32.2. The first kappa shape index (κ1) is 26.6. The van der Waals surface area contributed by atoms with Gasteiger partial charge in [0.2, 0.25) is 0 Å². The molecule has 0 radical (unpaired) electrons. The molecule has 190 valence electrons. The Kier molecular flexibility index (Phi) is 8.32. The van der Waals surface area contributed by atoms with Crippen LogP contribution >= 0.6 is 23.5 Å². The number of carbonyl (C=O) groups is 1. The molecule has 1 aromatic carbocycles. The molecule has 2 N–H and O–H groups in total. The number of aliphatic hydroxyl groups excluding tert-OH is 1. The first-order valence-electron chi connectivity index (χ1n) is 12.3. The number of benzene rings is 1. The molecule has 0 saturated carbocycles. The van der Waals surface area contributed by atoms with Crippen LogP contribution in [0.1, 0.15) is 63.7 Å². The zero-order chi connectivity index (χ0) is 25.8. The number of carbonyl (C=O) groups excluding carboxylic acids is 1. The van der Waals surface area contributed by atoms with E-state index in [1.807, 2.05) is 30.3 Å². The molecule has 7 nitrogen and oxygen atoms in total. The van der Waals surface area contributed by atoms with E-state index < -0.39 is 0 Å². The van der Waals surface area contributed by atoms with Crippen LogP contribution in [0.3, 0.4) is 0 Å². The molecule has 3 heterocycles. The van der Waals surface area contributed by atoms with Gasteiger partial charge in [-0.3, -0.25) is 4.79 Å². The third kappa shape index (κ3) is 6.63. The molecular weight excluding hydrogens is 490 g/mol. The van der Waals surface area contributed by atoms with Crippen LogP contribution in [0, 0.1) is 0 Å². The minimum Gasteiger partial charge on any atom is -0.395 e. The molecule has 36 heavy (non-hydrogen) atoms. The smallest absolute Gasteiger partial charge is 0.251 e. The zero-order valence-electron chi connectivity index (χ0n) is 21.2. The third-order valence-corrected chi connectivity index (χ3v) is 8.31. The summed E-state index contributed by atoms with van der Waals surface area (Å²) in [6.07, 6.45) is 7.82. The summed E-state index contributed by atoms with van der Waals surface area (Å²) < 4.78 is -0.183. The van der Waals surface area contributed by atoms with Gasteiger partial charge in [-0.2, -0.15) is 0 Å². The number of nitrogens with zero attached hydrogens (tertiary/aromatic N) is 4. The number of rotatable bonds is 6. The Morgan fingerprint density at radius 1 is 1.00 bits per heavy atom. The van der Waals surface area contributed by atoms with Gasteiger partial charge in [-0.15, -0.1) is 0 Å². The van der Waals surface area contributed by atoms with Crippen LogP contribution in [-0.4, -0.2) is 53.6 Å². The van der Waals surface area contributed by atoms with E-state index in [1.54, 1.807) is 35.9 Å². The number of hydrogen-bond acceptors (Lipinski definition) is 8. The molecular formula is C27H33N5O2S2. The van der Waals surface area contributed by atoms with Crippen molar-refractivity contribution in [3.63, 3.8) is 0 Å². The van der Waals surface area contributed by atoms with E-state index in [-0.39, 0.29) is 28.6 Å². The van der Waals surface area contributed by atoms with E-state index in [1.165, 1.54) is 0 Å². The minimum atomic E-state index is -0.256. The van der Waals surface area contributed by atoms with Crippen molar-refractivity contribution in [2.45, 2.75) is 73.2 Å². The SMILES string of the molecule is CCCCC1(C)CC(C)(C)Sc2nccc(n2)-c2cc(C(=O)NCCO)cc(c2)-c2ccnc(n2)S1. The van der Waals surface area contributed by atoms with Crippen molar-refractivity contribution >= 4 is 29.4 Å². The number of aliphatic hydroxyl groups is 1. The summed E-state index contributed by atoms with van der Waals surface area (Å²) in [5.74, 6) is -0.256. The molecule has 0 spiro atoms. The second-order valence-corrected chi connectivity index (χ2v) is 13.2. The van der Waals surface area contributed by atoms with Crippen molar-refractivity contribution in [2.75, 3.05) is 13.2 Å². The number of fused-ring (bicyclic) bond motifs is 8. The number of hydrogen-bond donors (Lipinski definition) is 2. The van der Waals surface area contributed by atoms with Crippen molar-refractivity contribution in [3.05, 3.63) is 48.3 Å². The van der Waals surface area contributed by atoms with Gasteiger partial charge in [-0.05, 0) is 50.1 Å². The Balaban J connectivity index is 1.88. The molecule has 1 aliphatic heterocycles. The summed E-state index contributed by atoms with van der Waals surface area (Å²) in [6, 6.07) is 9.39. The molecule has 1 atom stereocenters.